The Bertz CT molecular complexity index is 999. The number of fused-ring (bicyclic) bond motifs is 1. The van der Waals surface area contributed by atoms with E-state index in [-0.39, 0.29) is 6.10 Å². The number of halogens is 1. The van der Waals surface area contributed by atoms with Crippen molar-refractivity contribution < 1.29 is 14.3 Å². The molecule has 0 amide bonds. The number of ether oxygens (including phenoxy) is 2. The molecule has 3 rings (SSSR count). The van der Waals surface area contributed by atoms with Crippen LogP contribution in [0.5, 0.6) is 5.75 Å². The third-order valence-corrected chi connectivity index (χ3v) is 5.27. The molecule has 1 aromatic carbocycles. The molecule has 0 saturated carbocycles. The van der Waals surface area contributed by atoms with E-state index in [9.17, 15) is 4.79 Å². The smallest absolute Gasteiger partial charge is 0.358 e. The minimum atomic E-state index is -0.550. The molecule has 0 fully saturated rings. The van der Waals surface area contributed by atoms with E-state index >= 15 is 0 Å². The van der Waals surface area contributed by atoms with E-state index in [1.165, 1.54) is 11.3 Å². The van der Waals surface area contributed by atoms with Crippen LogP contribution in [0.25, 0.3) is 21.6 Å². The maximum atomic E-state index is 12.4. The number of esters is 1. The standard InChI is InChI=1S/C20H23BrN2O3S/c1-10(2)25-13-7-12-8-15(22-17(12)14(21)9-13)18-23-16(11(3)27-18)19(24)26-20(4,5)6/h7-10,22H,1-6H3. The molecule has 0 unspecified atom stereocenters. The van der Waals surface area contributed by atoms with Gasteiger partial charge in [-0.2, -0.15) is 0 Å². The number of hydrogen-bond acceptors (Lipinski definition) is 5. The van der Waals surface area contributed by atoms with Gasteiger partial charge in [-0.3, -0.25) is 0 Å². The molecule has 0 saturated heterocycles. The fourth-order valence-electron chi connectivity index (χ4n) is 2.66. The zero-order valence-electron chi connectivity index (χ0n) is 16.3. The van der Waals surface area contributed by atoms with Gasteiger partial charge >= 0.3 is 5.97 Å². The van der Waals surface area contributed by atoms with Crippen molar-refractivity contribution in [3.05, 3.63) is 33.2 Å². The molecule has 0 radical (unpaired) electrons. The van der Waals surface area contributed by atoms with Gasteiger partial charge in [0.25, 0.3) is 0 Å². The number of hydrogen-bond donors (Lipinski definition) is 1. The molecule has 0 spiro atoms. The fourth-order valence-corrected chi connectivity index (χ4v) is 4.08. The zero-order chi connectivity index (χ0) is 19.9. The lowest BCUT2D eigenvalue weighted by Crippen LogP contribution is -2.24. The van der Waals surface area contributed by atoms with Crippen molar-refractivity contribution in [2.45, 2.75) is 53.2 Å². The van der Waals surface area contributed by atoms with Gasteiger partial charge in [0, 0.05) is 14.7 Å². The van der Waals surface area contributed by atoms with Crippen molar-refractivity contribution in [3.63, 3.8) is 0 Å². The van der Waals surface area contributed by atoms with Gasteiger partial charge in [-0.1, -0.05) is 0 Å². The van der Waals surface area contributed by atoms with Crippen molar-refractivity contribution in [1.29, 1.82) is 0 Å². The molecule has 0 atom stereocenters. The van der Waals surface area contributed by atoms with Crippen molar-refractivity contribution in [3.8, 4) is 16.5 Å². The summed E-state index contributed by atoms with van der Waals surface area (Å²) in [6, 6.07) is 5.96. The number of H-pyrrole nitrogens is 1. The largest absolute Gasteiger partial charge is 0.491 e. The van der Waals surface area contributed by atoms with Crippen molar-refractivity contribution >= 4 is 44.1 Å². The first-order valence-corrected chi connectivity index (χ1v) is 10.3. The van der Waals surface area contributed by atoms with Crippen LogP contribution in [0.3, 0.4) is 0 Å². The molecule has 1 N–H and O–H groups in total. The number of aromatic amines is 1. The van der Waals surface area contributed by atoms with Crippen LogP contribution in [-0.2, 0) is 4.74 Å². The number of carbonyl (C=O) groups excluding carboxylic acids is 1. The molecule has 3 aromatic rings. The normalized spacial score (nSPS) is 12.0. The van der Waals surface area contributed by atoms with Crippen LogP contribution in [0.1, 0.15) is 50.0 Å². The van der Waals surface area contributed by atoms with E-state index in [2.05, 4.69) is 25.9 Å². The van der Waals surface area contributed by atoms with Gasteiger partial charge in [-0.25, -0.2) is 9.78 Å². The summed E-state index contributed by atoms with van der Waals surface area (Å²) in [5.74, 6) is 0.409. The Hall–Kier alpha value is -1.86. The third-order valence-electron chi connectivity index (χ3n) is 3.64. The molecule has 5 nitrogen and oxygen atoms in total. The highest BCUT2D eigenvalue weighted by atomic mass is 79.9. The second-order valence-corrected chi connectivity index (χ2v) is 9.70. The Kier molecular flexibility index (Phi) is 5.36. The quantitative estimate of drug-likeness (QED) is 0.487. The van der Waals surface area contributed by atoms with Gasteiger partial charge in [-0.15, -0.1) is 11.3 Å². The minimum Gasteiger partial charge on any atom is -0.491 e. The Balaban J connectivity index is 1.97. The van der Waals surface area contributed by atoms with E-state index in [0.29, 0.717) is 5.69 Å². The molecular formula is C20H23BrN2O3S. The maximum absolute atomic E-state index is 12.4. The van der Waals surface area contributed by atoms with Gasteiger partial charge in [-0.05, 0) is 75.7 Å². The molecule has 0 aliphatic heterocycles. The summed E-state index contributed by atoms with van der Waals surface area (Å²) in [7, 11) is 0. The second kappa shape index (κ2) is 7.28. The topological polar surface area (TPSA) is 64.2 Å². The molecular weight excluding hydrogens is 428 g/mol. The average Bonchev–Trinajstić information content (AvgIpc) is 3.08. The fraction of sp³-hybridized carbons (Fsp3) is 0.400. The number of rotatable bonds is 4. The summed E-state index contributed by atoms with van der Waals surface area (Å²) >= 11 is 5.07. The van der Waals surface area contributed by atoms with Gasteiger partial charge in [0.05, 0.1) is 17.3 Å². The second-order valence-electron chi connectivity index (χ2n) is 7.64. The summed E-state index contributed by atoms with van der Waals surface area (Å²) in [5, 5.41) is 1.77. The van der Waals surface area contributed by atoms with Gasteiger partial charge in [0.2, 0.25) is 0 Å². The van der Waals surface area contributed by atoms with Crippen LogP contribution in [0.15, 0.2) is 22.7 Å². The van der Waals surface area contributed by atoms with E-state index in [1.807, 2.05) is 59.7 Å². The number of nitrogens with one attached hydrogen (secondary N) is 1. The minimum absolute atomic E-state index is 0.103. The number of thiazole rings is 1. The third kappa shape index (κ3) is 4.52. The van der Waals surface area contributed by atoms with Gasteiger partial charge in [0.1, 0.15) is 16.4 Å². The Morgan fingerprint density at radius 3 is 2.59 bits per heavy atom. The van der Waals surface area contributed by atoms with Crippen molar-refractivity contribution in [2.24, 2.45) is 0 Å². The maximum Gasteiger partial charge on any atom is 0.358 e. The number of nitrogens with zero attached hydrogens (tertiary/aromatic N) is 1. The SMILES string of the molecule is Cc1sc(-c2cc3cc(OC(C)C)cc(Br)c3[nH]2)nc1C(=O)OC(C)(C)C. The predicted molar refractivity (Wildman–Crippen MR) is 113 cm³/mol. The number of carbonyl (C=O) groups is 1. The Morgan fingerprint density at radius 2 is 1.96 bits per heavy atom. The highest BCUT2D eigenvalue weighted by Crippen LogP contribution is 2.35. The molecule has 0 bridgehead atoms. The van der Waals surface area contributed by atoms with Crippen LogP contribution in [0.2, 0.25) is 0 Å². The number of aryl methyl sites for hydroxylation is 1. The average molecular weight is 451 g/mol. The highest BCUT2D eigenvalue weighted by molar-refractivity contribution is 9.10. The summed E-state index contributed by atoms with van der Waals surface area (Å²) < 4.78 is 12.2. The van der Waals surface area contributed by atoms with E-state index in [1.54, 1.807) is 0 Å². The molecule has 0 aliphatic carbocycles. The predicted octanol–water partition coefficient (Wildman–Crippen LogP) is 6.10. The first-order valence-electron chi connectivity index (χ1n) is 8.73. The Morgan fingerprint density at radius 1 is 1.26 bits per heavy atom. The molecule has 0 aliphatic rings. The van der Waals surface area contributed by atoms with Crippen LogP contribution >= 0.6 is 27.3 Å². The van der Waals surface area contributed by atoms with Crippen molar-refractivity contribution in [2.75, 3.05) is 0 Å². The highest BCUT2D eigenvalue weighted by Gasteiger charge is 2.23. The summed E-state index contributed by atoms with van der Waals surface area (Å²) in [5.41, 5.74) is 1.64. The molecule has 2 aromatic heterocycles. The molecule has 144 valence electrons. The molecule has 2 heterocycles. The zero-order valence-corrected chi connectivity index (χ0v) is 18.7. The first-order chi connectivity index (χ1) is 12.5. The van der Waals surface area contributed by atoms with Gasteiger partial charge < -0.3 is 14.5 Å². The first kappa shape index (κ1) is 19.9. The Labute approximate surface area is 171 Å². The summed E-state index contributed by atoms with van der Waals surface area (Å²) in [6.07, 6.45) is 0.103. The van der Waals surface area contributed by atoms with E-state index in [0.717, 1.165) is 36.7 Å². The molecule has 7 heteroatoms. The summed E-state index contributed by atoms with van der Waals surface area (Å²) in [4.78, 5) is 21.1. The lowest BCUT2D eigenvalue weighted by atomic mass is 10.2. The molecule has 27 heavy (non-hydrogen) atoms. The van der Waals surface area contributed by atoms with Crippen LogP contribution in [0, 0.1) is 6.92 Å². The van der Waals surface area contributed by atoms with E-state index in [4.69, 9.17) is 9.47 Å². The van der Waals surface area contributed by atoms with Gasteiger partial charge in [0.15, 0.2) is 5.69 Å². The lowest BCUT2D eigenvalue weighted by Gasteiger charge is -2.18. The monoisotopic (exact) mass is 450 g/mol. The van der Waals surface area contributed by atoms with Crippen LogP contribution in [0.4, 0.5) is 0 Å². The van der Waals surface area contributed by atoms with Crippen molar-refractivity contribution in [1.82, 2.24) is 9.97 Å². The number of benzene rings is 1. The number of aromatic nitrogens is 2. The van der Waals surface area contributed by atoms with E-state index < -0.39 is 11.6 Å². The lowest BCUT2D eigenvalue weighted by molar-refractivity contribution is 0.00630. The summed E-state index contributed by atoms with van der Waals surface area (Å²) in [6.45, 7) is 11.4. The van der Waals surface area contributed by atoms with Crippen LogP contribution in [-0.4, -0.2) is 27.6 Å². The van der Waals surface area contributed by atoms with Crippen LogP contribution < -0.4 is 4.74 Å².